The Bertz CT molecular complexity index is 582. The molecule has 0 saturated carbocycles. The van der Waals surface area contributed by atoms with Crippen LogP contribution in [0.3, 0.4) is 0 Å². The van der Waals surface area contributed by atoms with E-state index in [0.29, 0.717) is 10.5 Å². The van der Waals surface area contributed by atoms with E-state index >= 15 is 0 Å². The first-order chi connectivity index (χ1) is 9.81. The minimum atomic E-state index is 0.0886. The highest BCUT2D eigenvalue weighted by Crippen LogP contribution is 2.40. The maximum atomic E-state index is 6.64. The van der Waals surface area contributed by atoms with Gasteiger partial charge in [0.05, 0.1) is 0 Å². The van der Waals surface area contributed by atoms with Gasteiger partial charge in [-0.15, -0.1) is 0 Å². The van der Waals surface area contributed by atoms with E-state index < -0.39 is 0 Å². The van der Waals surface area contributed by atoms with Gasteiger partial charge in [0.2, 0.25) is 0 Å². The Hall–Kier alpha value is -0.710. The van der Waals surface area contributed by atoms with E-state index in [9.17, 15) is 0 Å². The molecular formula is C16H20N2S2. The van der Waals surface area contributed by atoms with E-state index in [4.69, 9.17) is 5.73 Å². The van der Waals surface area contributed by atoms with Gasteiger partial charge in [0, 0.05) is 45.8 Å². The Morgan fingerprint density at radius 2 is 2.15 bits per heavy atom. The van der Waals surface area contributed by atoms with Gasteiger partial charge < -0.3 is 5.73 Å². The number of hydrogen-bond acceptors (Lipinski definition) is 4. The van der Waals surface area contributed by atoms with Crippen molar-refractivity contribution in [1.82, 2.24) is 4.98 Å². The maximum absolute atomic E-state index is 6.64. The monoisotopic (exact) mass is 304 g/mol. The molecule has 2 heterocycles. The number of nitrogens with zero attached hydrogens (tertiary/aromatic N) is 1. The van der Waals surface area contributed by atoms with Gasteiger partial charge in [-0.3, -0.25) is 4.98 Å². The molecule has 0 radical (unpaired) electrons. The highest BCUT2D eigenvalue weighted by atomic mass is 32.2. The fourth-order valence-electron chi connectivity index (χ4n) is 2.88. The molecule has 0 aliphatic carbocycles. The van der Waals surface area contributed by atoms with E-state index in [2.05, 4.69) is 47.9 Å². The smallest absolute Gasteiger partial charge is 0.0433 e. The second-order valence-electron chi connectivity index (χ2n) is 5.12. The summed E-state index contributed by atoms with van der Waals surface area (Å²) >= 11 is 4.12. The molecule has 3 unspecified atom stereocenters. The van der Waals surface area contributed by atoms with Crippen LogP contribution in [0, 0.1) is 0 Å². The van der Waals surface area contributed by atoms with Crippen molar-refractivity contribution >= 4 is 34.3 Å². The van der Waals surface area contributed by atoms with Gasteiger partial charge in [0.15, 0.2) is 0 Å². The van der Waals surface area contributed by atoms with E-state index in [1.54, 1.807) is 0 Å². The van der Waals surface area contributed by atoms with E-state index in [1.165, 1.54) is 34.3 Å². The average molecular weight is 304 g/mol. The van der Waals surface area contributed by atoms with Crippen molar-refractivity contribution in [2.75, 3.05) is 11.5 Å². The quantitative estimate of drug-likeness (QED) is 0.934. The van der Waals surface area contributed by atoms with Crippen LogP contribution >= 0.6 is 23.5 Å². The first-order valence-corrected chi connectivity index (χ1v) is 9.22. The van der Waals surface area contributed by atoms with Crippen LogP contribution in [0.2, 0.25) is 0 Å². The third kappa shape index (κ3) is 2.69. The highest BCUT2D eigenvalue weighted by molar-refractivity contribution is 8.07. The summed E-state index contributed by atoms with van der Waals surface area (Å²) in [7, 11) is 0. The number of benzene rings is 1. The van der Waals surface area contributed by atoms with Crippen molar-refractivity contribution in [2.24, 2.45) is 5.73 Å². The van der Waals surface area contributed by atoms with Gasteiger partial charge in [0.1, 0.15) is 0 Å². The normalized spacial score (nSPS) is 24.7. The van der Waals surface area contributed by atoms with Crippen LogP contribution in [0.5, 0.6) is 0 Å². The number of hydrogen-bond donors (Lipinski definition) is 1. The Labute approximate surface area is 128 Å². The number of thioether (sulfide) groups is 2. The molecule has 1 aromatic heterocycles. The fourth-order valence-corrected chi connectivity index (χ4v) is 6.05. The molecular weight excluding hydrogens is 284 g/mol. The van der Waals surface area contributed by atoms with Gasteiger partial charge in [-0.2, -0.15) is 23.5 Å². The lowest BCUT2D eigenvalue weighted by Crippen LogP contribution is -2.35. The minimum Gasteiger partial charge on any atom is -0.323 e. The molecule has 1 aromatic carbocycles. The number of aromatic nitrogens is 1. The summed E-state index contributed by atoms with van der Waals surface area (Å²) < 4.78 is 0. The molecule has 0 spiro atoms. The zero-order chi connectivity index (χ0) is 13.9. The second kappa shape index (κ2) is 6.37. The van der Waals surface area contributed by atoms with Gasteiger partial charge in [-0.05, 0) is 23.4 Å². The lowest BCUT2D eigenvalue weighted by Gasteiger charge is -2.34. The number of rotatable bonds is 3. The molecule has 1 fully saturated rings. The Morgan fingerprint density at radius 3 is 3.00 bits per heavy atom. The molecule has 4 heteroatoms. The van der Waals surface area contributed by atoms with Gasteiger partial charge in [-0.1, -0.05) is 25.1 Å². The maximum Gasteiger partial charge on any atom is 0.0433 e. The summed E-state index contributed by atoms with van der Waals surface area (Å²) in [6.07, 6.45) is 4.99. The van der Waals surface area contributed by atoms with Crippen molar-refractivity contribution in [3.63, 3.8) is 0 Å². The lowest BCUT2D eigenvalue weighted by molar-refractivity contribution is 0.634. The van der Waals surface area contributed by atoms with Crippen molar-refractivity contribution in [2.45, 2.75) is 29.9 Å². The minimum absolute atomic E-state index is 0.0886. The molecule has 3 atom stereocenters. The molecule has 2 N–H and O–H groups in total. The third-order valence-electron chi connectivity index (χ3n) is 3.92. The SMILES string of the molecule is CCC1SCCSC1C(N)c1cccc2ccncc12. The predicted molar refractivity (Wildman–Crippen MR) is 91.5 cm³/mol. The van der Waals surface area contributed by atoms with Crippen molar-refractivity contribution in [3.8, 4) is 0 Å². The van der Waals surface area contributed by atoms with Crippen LogP contribution < -0.4 is 5.73 Å². The van der Waals surface area contributed by atoms with Crippen molar-refractivity contribution in [1.29, 1.82) is 0 Å². The van der Waals surface area contributed by atoms with Crippen molar-refractivity contribution < 1.29 is 0 Å². The third-order valence-corrected chi connectivity index (χ3v) is 7.30. The molecule has 2 aromatic rings. The Morgan fingerprint density at radius 1 is 1.30 bits per heavy atom. The van der Waals surface area contributed by atoms with E-state index in [0.717, 1.165) is 0 Å². The van der Waals surface area contributed by atoms with Crippen molar-refractivity contribution in [3.05, 3.63) is 42.2 Å². The summed E-state index contributed by atoms with van der Waals surface area (Å²) in [5.41, 5.74) is 7.88. The van der Waals surface area contributed by atoms with E-state index in [1.807, 2.05) is 24.2 Å². The molecule has 1 aliphatic rings. The molecule has 2 nitrogen and oxygen atoms in total. The lowest BCUT2D eigenvalue weighted by atomic mass is 9.96. The fraction of sp³-hybridized carbons (Fsp3) is 0.438. The second-order valence-corrected chi connectivity index (χ2v) is 7.76. The number of pyridine rings is 1. The molecule has 20 heavy (non-hydrogen) atoms. The zero-order valence-corrected chi connectivity index (χ0v) is 13.3. The number of nitrogens with two attached hydrogens (primary N) is 1. The standard InChI is InChI=1S/C16H20N2S2/c1-2-14-16(20-9-8-19-14)15(17)12-5-3-4-11-6-7-18-10-13(11)12/h3-7,10,14-16H,2,8-9,17H2,1H3. The highest BCUT2D eigenvalue weighted by Gasteiger charge is 2.31. The molecule has 0 amide bonds. The summed E-state index contributed by atoms with van der Waals surface area (Å²) in [5.74, 6) is 2.46. The summed E-state index contributed by atoms with van der Waals surface area (Å²) in [4.78, 5) is 4.27. The molecule has 106 valence electrons. The summed E-state index contributed by atoms with van der Waals surface area (Å²) in [6.45, 7) is 2.27. The van der Waals surface area contributed by atoms with Crippen LogP contribution in [-0.2, 0) is 0 Å². The van der Waals surface area contributed by atoms with Gasteiger partial charge in [0.25, 0.3) is 0 Å². The molecule has 1 aliphatic heterocycles. The first-order valence-electron chi connectivity index (χ1n) is 7.12. The first kappa shape index (κ1) is 14.2. The molecule has 1 saturated heterocycles. The predicted octanol–water partition coefficient (Wildman–Crippen LogP) is 3.86. The van der Waals surface area contributed by atoms with Crippen LogP contribution in [0.4, 0.5) is 0 Å². The molecule has 3 rings (SSSR count). The zero-order valence-electron chi connectivity index (χ0n) is 11.7. The topological polar surface area (TPSA) is 38.9 Å². The Balaban J connectivity index is 1.97. The largest absolute Gasteiger partial charge is 0.323 e. The Kier molecular flexibility index (Phi) is 4.54. The summed E-state index contributed by atoms with van der Waals surface area (Å²) in [6, 6.07) is 8.56. The van der Waals surface area contributed by atoms with Crippen LogP contribution in [0.15, 0.2) is 36.7 Å². The molecule has 0 bridgehead atoms. The number of fused-ring (bicyclic) bond motifs is 1. The van der Waals surface area contributed by atoms with E-state index in [-0.39, 0.29) is 6.04 Å². The van der Waals surface area contributed by atoms with Crippen LogP contribution in [-0.4, -0.2) is 27.0 Å². The summed E-state index contributed by atoms with van der Waals surface area (Å²) in [5, 5.41) is 3.60. The van der Waals surface area contributed by atoms with Gasteiger partial charge in [-0.25, -0.2) is 0 Å². The van der Waals surface area contributed by atoms with Gasteiger partial charge >= 0.3 is 0 Å². The van der Waals surface area contributed by atoms with Crippen LogP contribution in [0.1, 0.15) is 24.9 Å². The average Bonchev–Trinajstić information content (AvgIpc) is 2.53. The van der Waals surface area contributed by atoms with Crippen LogP contribution in [0.25, 0.3) is 10.8 Å².